The largest absolute Gasteiger partial charge is 0.480 e. The van der Waals surface area contributed by atoms with Gasteiger partial charge in [-0.3, -0.25) is 23.4 Å². The highest BCUT2D eigenvalue weighted by molar-refractivity contribution is 7.47. The standard InChI is InChI=1S/C46H86NO10P/c1-3-5-7-9-11-13-15-17-19-20-21-22-24-25-27-29-31-33-35-37-44(48)54-39-42(40-55-58(52,53)56-41-43(47)46(50)51)57-45(49)38-36-34-32-30-28-26-23-18-16-14-12-10-8-6-4-2/h17-19,23,42-43H,3-16,20-22,24-41,47H2,1-2H3,(H,50,51)(H,52,53)/b19-17-,23-18-/t42-,43+/m1/s1. The zero-order chi connectivity index (χ0) is 42.8. The van der Waals surface area contributed by atoms with Gasteiger partial charge in [0.2, 0.25) is 0 Å². The van der Waals surface area contributed by atoms with Crippen molar-refractivity contribution in [2.24, 2.45) is 5.73 Å². The van der Waals surface area contributed by atoms with Crippen molar-refractivity contribution in [1.82, 2.24) is 0 Å². The van der Waals surface area contributed by atoms with Gasteiger partial charge >= 0.3 is 25.7 Å². The van der Waals surface area contributed by atoms with Gasteiger partial charge in [-0.15, -0.1) is 0 Å². The summed E-state index contributed by atoms with van der Waals surface area (Å²) < 4.78 is 32.7. The van der Waals surface area contributed by atoms with Crippen molar-refractivity contribution < 1.29 is 47.5 Å². The Kier molecular flexibility index (Phi) is 40.2. The van der Waals surface area contributed by atoms with Crippen molar-refractivity contribution in [2.45, 2.75) is 231 Å². The van der Waals surface area contributed by atoms with E-state index in [1.807, 2.05) is 0 Å². The molecular formula is C46H86NO10P. The van der Waals surface area contributed by atoms with Crippen molar-refractivity contribution in [3.05, 3.63) is 24.3 Å². The Balaban J connectivity index is 4.30. The molecule has 0 aliphatic rings. The molecule has 0 aliphatic heterocycles. The number of nitrogens with two attached hydrogens (primary N) is 1. The van der Waals surface area contributed by atoms with Gasteiger partial charge < -0.3 is 25.2 Å². The Bertz CT molecular complexity index is 1080. The van der Waals surface area contributed by atoms with Crippen LogP contribution < -0.4 is 5.73 Å². The summed E-state index contributed by atoms with van der Waals surface area (Å²) >= 11 is 0. The molecule has 0 aliphatic carbocycles. The molecule has 0 radical (unpaired) electrons. The van der Waals surface area contributed by atoms with Gasteiger partial charge in [-0.25, -0.2) is 4.57 Å². The molecule has 0 fully saturated rings. The van der Waals surface area contributed by atoms with Gasteiger partial charge in [-0.2, -0.15) is 0 Å². The molecule has 0 saturated heterocycles. The summed E-state index contributed by atoms with van der Waals surface area (Å²) in [4.78, 5) is 46.0. The fourth-order valence-electron chi connectivity index (χ4n) is 6.47. The average Bonchev–Trinajstić information content (AvgIpc) is 3.20. The molecule has 0 rings (SSSR count). The minimum atomic E-state index is -4.72. The van der Waals surface area contributed by atoms with Gasteiger partial charge in [-0.1, -0.05) is 167 Å². The first kappa shape index (κ1) is 56.0. The maximum atomic E-state index is 12.6. The lowest BCUT2D eigenvalue weighted by Gasteiger charge is -2.20. The molecule has 58 heavy (non-hydrogen) atoms. The number of esters is 2. The molecule has 1 unspecified atom stereocenters. The maximum Gasteiger partial charge on any atom is 0.472 e. The molecule has 11 nitrogen and oxygen atoms in total. The average molecular weight is 844 g/mol. The van der Waals surface area contributed by atoms with E-state index in [2.05, 4.69) is 42.7 Å². The summed E-state index contributed by atoms with van der Waals surface area (Å²) in [6.45, 7) is 2.80. The minimum Gasteiger partial charge on any atom is -0.480 e. The van der Waals surface area contributed by atoms with Gasteiger partial charge in [0.05, 0.1) is 13.2 Å². The minimum absolute atomic E-state index is 0.153. The van der Waals surface area contributed by atoms with Crippen molar-refractivity contribution in [3.63, 3.8) is 0 Å². The number of ether oxygens (including phenoxy) is 2. The maximum absolute atomic E-state index is 12.6. The quantitative estimate of drug-likeness (QED) is 0.0231. The van der Waals surface area contributed by atoms with Crippen LogP contribution in [0.4, 0.5) is 0 Å². The van der Waals surface area contributed by atoms with Crippen LogP contribution in [-0.4, -0.2) is 59.9 Å². The molecule has 4 N–H and O–H groups in total. The molecule has 3 atom stereocenters. The van der Waals surface area contributed by atoms with E-state index in [0.717, 1.165) is 57.8 Å². The summed E-state index contributed by atoms with van der Waals surface area (Å²) in [6, 6.07) is -1.52. The molecule has 0 bridgehead atoms. The van der Waals surface area contributed by atoms with Crippen molar-refractivity contribution >= 4 is 25.7 Å². The SMILES string of the molecule is CCCCCCCC/C=C\CCCCCCCCCCCC(=O)OC[C@H](COP(=O)(O)OC[C@H](N)C(=O)O)OC(=O)CCCCCCC/C=C\CCCCCCCC. The summed E-state index contributed by atoms with van der Waals surface area (Å²) in [7, 11) is -4.72. The first-order valence-electron chi connectivity index (χ1n) is 23.4. The van der Waals surface area contributed by atoms with Gasteiger partial charge in [0.25, 0.3) is 0 Å². The molecule has 0 aromatic rings. The van der Waals surface area contributed by atoms with E-state index < -0.39 is 51.1 Å². The highest BCUT2D eigenvalue weighted by Crippen LogP contribution is 2.43. The number of phosphoric ester groups is 1. The molecule has 340 valence electrons. The van der Waals surface area contributed by atoms with Crippen LogP contribution in [0, 0.1) is 0 Å². The van der Waals surface area contributed by atoms with Crippen LogP contribution in [0.5, 0.6) is 0 Å². The van der Waals surface area contributed by atoms with Crippen LogP contribution in [0.1, 0.15) is 219 Å². The van der Waals surface area contributed by atoms with E-state index in [1.54, 1.807) is 0 Å². The second-order valence-corrected chi connectivity index (χ2v) is 17.3. The van der Waals surface area contributed by atoms with E-state index in [0.29, 0.717) is 12.8 Å². The predicted octanol–water partition coefficient (Wildman–Crippen LogP) is 12.6. The Morgan fingerprint density at radius 1 is 0.517 bits per heavy atom. The second-order valence-electron chi connectivity index (χ2n) is 15.9. The van der Waals surface area contributed by atoms with E-state index in [4.69, 9.17) is 24.8 Å². The number of carboxylic acid groups (broad SMARTS) is 1. The third-order valence-corrected chi connectivity index (χ3v) is 11.1. The first-order chi connectivity index (χ1) is 28.1. The summed E-state index contributed by atoms with van der Waals surface area (Å²) in [5, 5.41) is 8.90. The van der Waals surface area contributed by atoms with Gasteiger partial charge in [-0.05, 0) is 64.2 Å². The van der Waals surface area contributed by atoms with Crippen molar-refractivity contribution in [2.75, 3.05) is 19.8 Å². The lowest BCUT2D eigenvalue weighted by Crippen LogP contribution is -2.34. The van der Waals surface area contributed by atoms with Crippen molar-refractivity contribution in [3.8, 4) is 0 Å². The fraction of sp³-hybridized carbons (Fsp3) is 0.848. The monoisotopic (exact) mass is 844 g/mol. The van der Waals surface area contributed by atoms with E-state index in [-0.39, 0.29) is 19.4 Å². The number of hydrogen-bond donors (Lipinski definition) is 3. The molecule has 0 aromatic carbocycles. The molecule has 12 heteroatoms. The molecule has 0 saturated carbocycles. The number of hydrogen-bond acceptors (Lipinski definition) is 9. The smallest absolute Gasteiger partial charge is 0.472 e. The van der Waals surface area contributed by atoms with Crippen molar-refractivity contribution in [1.29, 1.82) is 0 Å². The number of phosphoric acid groups is 1. The summed E-state index contributed by atoms with van der Waals surface area (Å²) in [6.07, 6.45) is 43.8. The Hall–Kier alpha value is -2.04. The number of aliphatic carboxylic acids is 1. The first-order valence-corrected chi connectivity index (χ1v) is 24.9. The number of unbranched alkanes of at least 4 members (excludes halogenated alkanes) is 26. The Morgan fingerprint density at radius 2 is 0.862 bits per heavy atom. The number of allylic oxidation sites excluding steroid dienone is 4. The van der Waals surface area contributed by atoms with Crippen LogP contribution in [0.25, 0.3) is 0 Å². The van der Waals surface area contributed by atoms with E-state index in [1.165, 1.54) is 122 Å². The summed E-state index contributed by atoms with van der Waals surface area (Å²) in [5.41, 5.74) is 5.34. The highest BCUT2D eigenvalue weighted by Gasteiger charge is 2.28. The lowest BCUT2D eigenvalue weighted by atomic mass is 10.1. The Morgan fingerprint density at radius 3 is 1.26 bits per heavy atom. The number of rotatable bonds is 44. The zero-order valence-corrected chi connectivity index (χ0v) is 37.8. The van der Waals surface area contributed by atoms with Gasteiger partial charge in [0.1, 0.15) is 12.6 Å². The third-order valence-electron chi connectivity index (χ3n) is 10.2. The third kappa shape index (κ3) is 40.7. The fourth-order valence-corrected chi connectivity index (χ4v) is 7.24. The second kappa shape index (κ2) is 41.7. The van der Waals surface area contributed by atoms with Crippen LogP contribution in [0.3, 0.4) is 0 Å². The van der Waals surface area contributed by atoms with Gasteiger partial charge in [0, 0.05) is 12.8 Å². The number of carbonyl (C=O) groups excluding carboxylic acids is 2. The molecule has 0 amide bonds. The summed E-state index contributed by atoms with van der Waals surface area (Å²) in [5.74, 6) is -2.38. The topological polar surface area (TPSA) is 172 Å². The Labute approximate surface area is 353 Å². The van der Waals surface area contributed by atoms with E-state index in [9.17, 15) is 23.8 Å². The van der Waals surface area contributed by atoms with Crippen LogP contribution in [0.2, 0.25) is 0 Å². The van der Waals surface area contributed by atoms with E-state index >= 15 is 0 Å². The molecule has 0 heterocycles. The van der Waals surface area contributed by atoms with Crippen LogP contribution in [-0.2, 0) is 37.5 Å². The molecular weight excluding hydrogens is 757 g/mol. The van der Waals surface area contributed by atoms with Gasteiger partial charge in [0.15, 0.2) is 6.10 Å². The zero-order valence-electron chi connectivity index (χ0n) is 36.9. The lowest BCUT2D eigenvalue weighted by molar-refractivity contribution is -0.161. The van der Waals surface area contributed by atoms with Crippen LogP contribution in [0.15, 0.2) is 24.3 Å². The molecule has 0 aromatic heterocycles. The normalized spacial score (nSPS) is 13.9. The van der Waals surface area contributed by atoms with Crippen LogP contribution >= 0.6 is 7.82 Å². The highest BCUT2D eigenvalue weighted by atomic mass is 31.2. The number of carbonyl (C=O) groups is 3. The number of carboxylic acids is 1. The molecule has 0 spiro atoms. The predicted molar refractivity (Wildman–Crippen MR) is 236 cm³/mol.